The van der Waals surface area contributed by atoms with Crippen LogP contribution in [0.5, 0.6) is 0 Å². The van der Waals surface area contributed by atoms with Crippen molar-refractivity contribution in [2.24, 2.45) is 0 Å². The molecule has 1 aromatic rings. The van der Waals surface area contributed by atoms with Crippen molar-refractivity contribution in [3.05, 3.63) is 30.1 Å². The molecule has 0 amide bonds. The molecule has 0 saturated carbocycles. The maximum absolute atomic E-state index is 11.9. The molecule has 4 heteroatoms. The van der Waals surface area contributed by atoms with Crippen LogP contribution in [-0.2, 0) is 16.6 Å². The average molecular weight is 210 g/mol. The maximum atomic E-state index is 11.9. The van der Waals surface area contributed by atoms with E-state index in [0.717, 1.165) is 25.1 Å². The molecule has 76 valence electrons. The van der Waals surface area contributed by atoms with E-state index in [-0.39, 0.29) is 0 Å². The van der Waals surface area contributed by atoms with E-state index in [9.17, 15) is 4.21 Å². The molecular formula is C10H14N2OS. The summed E-state index contributed by atoms with van der Waals surface area (Å²) in [5.74, 6) is 0.639. The molecule has 2 atom stereocenters. The fraction of sp³-hybridized carbons (Fsp3) is 0.500. The fourth-order valence-corrected chi connectivity index (χ4v) is 3.04. The lowest BCUT2D eigenvalue weighted by Crippen LogP contribution is -2.19. The minimum Gasteiger partial charge on any atom is -0.315 e. The van der Waals surface area contributed by atoms with Crippen molar-refractivity contribution >= 4 is 10.8 Å². The normalized spacial score (nSPS) is 23.6. The first-order valence-electron chi connectivity index (χ1n) is 4.83. The van der Waals surface area contributed by atoms with Gasteiger partial charge in [0.15, 0.2) is 0 Å². The van der Waals surface area contributed by atoms with Gasteiger partial charge in [0.2, 0.25) is 0 Å². The van der Waals surface area contributed by atoms with E-state index in [1.165, 1.54) is 0 Å². The highest BCUT2D eigenvalue weighted by Gasteiger charge is 2.20. The van der Waals surface area contributed by atoms with Gasteiger partial charge in [0.1, 0.15) is 0 Å². The van der Waals surface area contributed by atoms with Gasteiger partial charge in [-0.25, -0.2) is 0 Å². The first-order valence-corrected chi connectivity index (χ1v) is 6.21. The van der Waals surface area contributed by atoms with E-state index in [0.29, 0.717) is 11.0 Å². The summed E-state index contributed by atoms with van der Waals surface area (Å²) in [5, 5.41) is 3.56. The third kappa shape index (κ3) is 2.39. The van der Waals surface area contributed by atoms with Gasteiger partial charge < -0.3 is 5.32 Å². The van der Waals surface area contributed by atoms with E-state index < -0.39 is 10.8 Å². The van der Waals surface area contributed by atoms with Gasteiger partial charge in [0.05, 0.1) is 5.75 Å². The average Bonchev–Trinajstić information content (AvgIpc) is 2.72. The van der Waals surface area contributed by atoms with E-state index in [1.54, 1.807) is 12.4 Å². The molecule has 0 spiro atoms. The fourth-order valence-electron chi connectivity index (χ4n) is 1.62. The summed E-state index contributed by atoms with van der Waals surface area (Å²) in [5.41, 5.74) is 1.07. The molecule has 1 aromatic heterocycles. The molecule has 0 radical (unpaired) electrons. The van der Waals surface area contributed by atoms with Crippen LogP contribution in [0.15, 0.2) is 24.5 Å². The third-order valence-electron chi connectivity index (χ3n) is 2.42. The molecule has 0 bridgehead atoms. The molecule has 1 saturated heterocycles. The zero-order chi connectivity index (χ0) is 9.80. The van der Waals surface area contributed by atoms with Gasteiger partial charge in [0.25, 0.3) is 0 Å². The van der Waals surface area contributed by atoms with Crippen LogP contribution >= 0.6 is 0 Å². The van der Waals surface area contributed by atoms with E-state index in [4.69, 9.17) is 0 Å². The monoisotopic (exact) mass is 210 g/mol. The molecule has 1 aliphatic rings. The van der Waals surface area contributed by atoms with Crippen molar-refractivity contribution in [3.63, 3.8) is 0 Å². The van der Waals surface area contributed by atoms with Crippen LogP contribution in [0.4, 0.5) is 0 Å². The Labute approximate surface area is 86.4 Å². The topological polar surface area (TPSA) is 42.0 Å². The number of hydrogen-bond acceptors (Lipinski definition) is 3. The molecule has 14 heavy (non-hydrogen) atoms. The lowest BCUT2D eigenvalue weighted by molar-refractivity contribution is 0.672. The predicted molar refractivity (Wildman–Crippen MR) is 57.4 cm³/mol. The Kier molecular flexibility index (Phi) is 3.26. The number of nitrogens with one attached hydrogen (secondary N) is 1. The van der Waals surface area contributed by atoms with Crippen LogP contribution in [0.3, 0.4) is 0 Å². The van der Waals surface area contributed by atoms with Gasteiger partial charge in [-0.3, -0.25) is 9.19 Å². The lowest BCUT2D eigenvalue weighted by Gasteiger charge is -2.07. The second-order valence-corrected chi connectivity index (χ2v) is 5.22. The van der Waals surface area contributed by atoms with Crippen LogP contribution in [0, 0.1) is 0 Å². The van der Waals surface area contributed by atoms with Gasteiger partial charge in [0, 0.05) is 35.0 Å². The standard InChI is InChI=1S/C10H14N2OS/c13-14(10-3-5-12-7-10)8-9-2-1-4-11-6-9/h1-2,4,6,10,12H,3,5,7-8H2/t10-,14?/m1/s1. The Morgan fingerprint density at radius 1 is 1.64 bits per heavy atom. The van der Waals surface area contributed by atoms with Gasteiger partial charge in [-0.15, -0.1) is 0 Å². The highest BCUT2D eigenvalue weighted by atomic mass is 32.2. The molecule has 2 rings (SSSR count). The summed E-state index contributed by atoms with van der Waals surface area (Å²) < 4.78 is 11.9. The molecule has 1 fully saturated rings. The summed E-state index contributed by atoms with van der Waals surface area (Å²) in [4.78, 5) is 4.01. The third-order valence-corrected chi connectivity index (χ3v) is 4.18. The van der Waals surface area contributed by atoms with Crippen LogP contribution in [-0.4, -0.2) is 27.5 Å². The van der Waals surface area contributed by atoms with Crippen molar-refractivity contribution in [2.45, 2.75) is 17.4 Å². The second kappa shape index (κ2) is 4.66. The highest BCUT2D eigenvalue weighted by molar-refractivity contribution is 7.84. The van der Waals surface area contributed by atoms with Gasteiger partial charge in [-0.05, 0) is 24.6 Å². The summed E-state index contributed by atoms with van der Waals surface area (Å²) in [6.45, 7) is 1.90. The van der Waals surface area contributed by atoms with Gasteiger partial charge in [-0.2, -0.15) is 0 Å². The summed E-state index contributed by atoms with van der Waals surface area (Å²) in [7, 11) is -0.749. The van der Waals surface area contributed by atoms with Crippen molar-refractivity contribution in [1.82, 2.24) is 10.3 Å². The molecule has 0 aromatic carbocycles. The number of aromatic nitrogens is 1. The van der Waals surface area contributed by atoms with E-state index in [1.807, 2.05) is 12.1 Å². The first-order chi connectivity index (χ1) is 6.86. The largest absolute Gasteiger partial charge is 0.315 e. The SMILES string of the molecule is O=S(Cc1cccnc1)[C@@H]1CCNC1. The van der Waals surface area contributed by atoms with Crippen LogP contribution in [0.2, 0.25) is 0 Å². The Balaban J connectivity index is 1.94. The molecule has 1 N–H and O–H groups in total. The molecule has 1 unspecified atom stereocenters. The second-order valence-electron chi connectivity index (χ2n) is 3.50. The summed E-state index contributed by atoms with van der Waals surface area (Å²) in [6, 6.07) is 3.87. The van der Waals surface area contributed by atoms with Gasteiger partial charge in [-0.1, -0.05) is 6.07 Å². The Morgan fingerprint density at radius 2 is 2.57 bits per heavy atom. The molecule has 2 heterocycles. The van der Waals surface area contributed by atoms with Gasteiger partial charge >= 0.3 is 0 Å². The minimum atomic E-state index is -0.749. The maximum Gasteiger partial charge on any atom is 0.0504 e. The Bertz CT molecular complexity index is 309. The zero-order valence-electron chi connectivity index (χ0n) is 7.98. The molecule has 1 aliphatic heterocycles. The van der Waals surface area contributed by atoms with Crippen LogP contribution in [0.1, 0.15) is 12.0 Å². The summed E-state index contributed by atoms with van der Waals surface area (Å²) >= 11 is 0. The lowest BCUT2D eigenvalue weighted by atomic mass is 10.3. The number of rotatable bonds is 3. The van der Waals surface area contributed by atoms with Crippen LogP contribution in [0.25, 0.3) is 0 Å². The first kappa shape index (κ1) is 9.80. The molecule has 0 aliphatic carbocycles. The summed E-state index contributed by atoms with van der Waals surface area (Å²) in [6.07, 6.45) is 4.57. The highest BCUT2D eigenvalue weighted by Crippen LogP contribution is 2.11. The number of hydrogen-bond donors (Lipinski definition) is 1. The Morgan fingerprint density at radius 3 is 3.21 bits per heavy atom. The zero-order valence-corrected chi connectivity index (χ0v) is 8.80. The quantitative estimate of drug-likeness (QED) is 0.798. The minimum absolute atomic E-state index is 0.329. The van der Waals surface area contributed by atoms with Crippen molar-refractivity contribution in [1.29, 1.82) is 0 Å². The smallest absolute Gasteiger partial charge is 0.0504 e. The van der Waals surface area contributed by atoms with E-state index >= 15 is 0 Å². The van der Waals surface area contributed by atoms with Crippen molar-refractivity contribution < 1.29 is 4.21 Å². The number of nitrogens with zero attached hydrogens (tertiary/aromatic N) is 1. The van der Waals surface area contributed by atoms with Crippen LogP contribution < -0.4 is 5.32 Å². The van der Waals surface area contributed by atoms with E-state index in [2.05, 4.69) is 10.3 Å². The Hall–Kier alpha value is -0.740. The van der Waals surface area contributed by atoms with Crippen molar-refractivity contribution in [2.75, 3.05) is 13.1 Å². The molecular weight excluding hydrogens is 196 g/mol. The predicted octanol–water partition coefficient (Wildman–Crippen LogP) is 0.692. The number of pyridine rings is 1. The molecule has 3 nitrogen and oxygen atoms in total. The van der Waals surface area contributed by atoms with Crippen molar-refractivity contribution in [3.8, 4) is 0 Å².